The highest BCUT2D eigenvalue weighted by Gasteiger charge is 2.26. The van der Waals surface area contributed by atoms with E-state index in [0.29, 0.717) is 17.9 Å². The number of aliphatic hydroxyl groups excluding tert-OH is 1. The van der Waals surface area contributed by atoms with E-state index >= 15 is 0 Å². The molecular formula is C23H23N5O2. The van der Waals surface area contributed by atoms with Crippen LogP contribution in [0.25, 0.3) is 22.3 Å². The highest BCUT2D eigenvalue weighted by molar-refractivity contribution is 5.98. The summed E-state index contributed by atoms with van der Waals surface area (Å²) >= 11 is 0. The van der Waals surface area contributed by atoms with Gasteiger partial charge in [0, 0.05) is 5.56 Å². The van der Waals surface area contributed by atoms with Gasteiger partial charge in [-0.2, -0.15) is 5.10 Å². The van der Waals surface area contributed by atoms with Crippen LogP contribution in [0.15, 0.2) is 60.9 Å². The van der Waals surface area contributed by atoms with E-state index in [1.54, 1.807) is 0 Å². The normalized spacial score (nSPS) is 19.1. The van der Waals surface area contributed by atoms with Gasteiger partial charge >= 0.3 is 0 Å². The Bertz CT molecular complexity index is 1160. The molecule has 3 N–H and O–H groups in total. The smallest absolute Gasteiger partial charge is 0.164 e. The second-order valence-electron chi connectivity index (χ2n) is 7.66. The van der Waals surface area contributed by atoms with Gasteiger partial charge in [-0.1, -0.05) is 18.2 Å². The number of hydrogen-bond acceptors (Lipinski definition) is 6. The molecule has 0 spiro atoms. The summed E-state index contributed by atoms with van der Waals surface area (Å²) in [5, 5.41) is 15.7. The standard InChI is InChI=1S/C23H23N5O2/c24-22-20-21(15-9-11-19(12-10-15)30-18-7-2-1-3-8-18)27-28(23(20)26-14-25-22)16-5-4-6-17(29)13-16/h1-3,7-12,14,16-17,29H,4-6,13H2,(H2,24,25,26). The van der Waals surface area contributed by atoms with E-state index in [4.69, 9.17) is 15.6 Å². The van der Waals surface area contributed by atoms with Crippen LogP contribution in [0.4, 0.5) is 5.82 Å². The molecule has 7 nitrogen and oxygen atoms in total. The lowest BCUT2D eigenvalue weighted by Crippen LogP contribution is -2.23. The van der Waals surface area contributed by atoms with Crippen LogP contribution in [0.2, 0.25) is 0 Å². The van der Waals surface area contributed by atoms with Crippen LogP contribution in [-0.4, -0.2) is 31.0 Å². The highest BCUT2D eigenvalue weighted by atomic mass is 16.5. The first kappa shape index (κ1) is 18.6. The molecule has 2 aromatic carbocycles. The molecule has 2 heterocycles. The van der Waals surface area contributed by atoms with E-state index in [-0.39, 0.29) is 12.1 Å². The number of aromatic nitrogens is 4. The van der Waals surface area contributed by atoms with Crippen LogP contribution in [-0.2, 0) is 0 Å². The van der Waals surface area contributed by atoms with Crippen molar-refractivity contribution in [3.63, 3.8) is 0 Å². The second kappa shape index (κ2) is 7.76. The van der Waals surface area contributed by atoms with E-state index in [9.17, 15) is 5.11 Å². The van der Waals surface area contributed by atoms with E-state index < -0.39 is 0 Å². The molecular weight excluding hydrogens is 378 g/mol. The summed E-state index contributed by atoms with van der Waals surface area (Å²) in [5.74, 6) is 1.93. The number of ether oxygens (including phenoxy) is 1. The van der Waals surface area contributed by atoms with Crippen LogP contribution < -0.4 is 10.5 Å². The Labute approximate surface area is 174 Å². The minimum absolute atomic E-state index is 0.0972. The maximum absolute atomic E-state index is 10.1. The molecule has 7 heteroatoms. The Kier molecular flexibility index (Phi) is 4.80. The second-order valence-corrected chi connectivity index (χ2v) is 7.66. The number of nitrogens with two attached hydrogens (primary N) is 1. The molecule has 1 aliphatic carbocycles. The molecule has 0 radical (unpaired) electrons. The van der Waals surface area contributed by atoms with Crippen molar-refractivity contribution in [2.24, 2.45) is 0 Å². The molecule has 2 atom stereocenters. The predicted octanol–water partition coefficient (Wildman–Crippen LogP) is 4.34. The van der Waals surface area contributed by atoms with Crippen LogP contribution in [0.3, 0.4) is 0 Å². The fraction of sp³-hybridized carbons (Fsp3) is 0.261. The number of nitrogen functional groups attached to an aromatic ring is 1. The topological polar surface area (TPSA) is 99.1 Å². The van der Waals surface area contributed by atoms with Crippen LogP contribution in [0.1, 0.15) is 31.7 Å². The van der Waals surface area contributed by atoms with Gasteiger partial charge in [0.1, 0.15) is 29.3 Å². The molecule has 30 heavy (non-hydrogen) atoms. The molecule has 1 saturated carbocycles. The lowest BCUT2D eigenvalue weighted by molar-refractivity contribution is 0.101. The summed E-state index contributed by atoms with van der Waals surface area (Å²) in [7, 11) is 0. The number of anilines is 1. The van der Waals surface area contributed by atoms with Gasteiger partial charge in [0.2, 0.25) is 0 Å². The number of rotatable bonds is 4. The first-order chi connectivity index (χ1) is 14.7. The van der Waals surface area contributed by atoms with Crippen molar-refractivity contribution in [3.05, 3.63) is 60.9 Å². The van der Waals surface area contributed by atoms with Crippen molar-refractivity contribution in [3.8, 4) is 22.8 Å². The Morgan fingerprint density at radius 1 is 0.967 bits per heavy atom. The zero-order valence-corrected chi connectivity index (χ0v) is 16.5. The maximum Gasteiger partial charge on any atom is 0.164 e. The molecule has 0 bridgehead atoms. The first-order valence-corrected chi connectivity index (χ1v) is 10.2. The van der Waals surface area contributed by atoms with Gasteiger partial charge in [0.15, 0.2) is 5.65 Å². The fourth-order valence-electron chi connectivity index (χ4n) is 4.12. The summed E-state index contributed by atoms with van der Waals surface area (Å²) in [4.78, 5) is 8.64. The molecule has 2 unspecified atom stereocenters. The fourth-order valence-corrected chi connectivity index (χ4v) is 4.12. The largest absolute Gasteiger partial charge is 0.457 e. The Morgan fingerprint density at radius 3 is 2.50 bits per heavy atom. The van der Waals surface area contributed by atoms with Gasteiger partial charge in [-0.25, -0.2) is 14.6 Å². The van der Waals surface area contributed by atoms with Crippen LogP contribution in [0, 0.1) is 0 Å². The molecule has 4 aromatic rings. The van der Waals surface area contributed by atoms with E-state index in [1.807, 2.05) is 59.3 Å². The number of hydrogen-bond donors (Lipinski definition) is 2. The molecule has 1 aliphatic rings. The SMILES string of the molecule is Nc1ncnc2c1c(-c1ccc(Oc3ccccc3)cc1)nn2C1CCCC(O)C1. The zero-order valence-electron chi connectivity index (χ0n) is 16.5. The molecule has 152 valence electrons. The molecule has 0 saturated heterocycles. The number of para-hydroxylation sites is 1. The van der Waals surface area contributed by atoms with E-state index in [1.165, 1.54) is 6.33 Å². The summed E-state index contributed by atoms with van der Waals surface area (Å²) < 4.78 is 7.81. The van der Waals surface area contributed by atoms with Gasteiger partial charge in [-0.15, -0.1) is 0 Å². The molecule has 5 rings (SSSR count). The van der Waals surface area contributed by atoms with Crippen molar-refractivity contribution in [1.82, 2.24) is 19.7 Å². The van der Waals surface area contributed by atoms with Crippen LogP contribution in [0.5, 0.6) is 11.5 Å². The number of nitrogens with zero attached hydrogens (tertiary/aromatic N) is 4. The van der Waals surface area contributed by atoms with Crippen molar-refractivity contribution in [2.45, 2.75) is 37.8 Å². The quantitative estimate of drug-likeness (QED) is 0.528. The van der Waals surface area contributed by atoms with Crippen molar-refractivity contribution in [1.29, 1.82) is 0 Å². The third-order valence-electron chi connectivity index (χ3n) is 5.59. The Morgan fingerprint density at radius 2 is 1.73 bits per heavy atom. The molecule has 1 fully saturated rings. The van der Waals surface area contributed by atoms with Crippen LogP contribution >= 0.6 is 0 Å². The average molecular weight is 401 g/mol. The molecule has 2 aromatic heterocycles. The van der Waals surface area contributed by atoms with Crippen molar-refractivity contribution in [2.75, 3.05) is 5.73 Å². The van der Waals surface area contributed by atoms with Gasteiger partial charge in [0.05, 0.1) is 17.5 Å². The minimum atomic E-state index is -0.306. The lowest BCUT2D eigenvalue weighted by Gasteiger charge is -2.26. The summed E-state index contributed by atoms with van der Waals surface area (Å²) in [5.41, 5.74) is 8.59. The van der Waals surface area contributed by atoms with Gasteiger partial charge in [-0.05, 0) is 62.1 Å². The van der Waals surface area contributed by atoms with Crippen molar-refractivity contribution < 1.29 is 9.84 Å². The van der Waals surface area contributed by atoms with Gasteiger partial charge in [0.25, 0.3) is 0 Å². The maximum atomic E-state index is 10.1. The first-order valence-electron chi connectivity index (χ1n) is 10.2. The Hall–Kier alpha value is -3.45. The summed E-state index contributed by atoms with van der Waals surface area (Å²) in [6.07, 6.45) is 4.60. The Balaban J connectivity index is 1.52. The number of benzene rings is 2. The lowest BCUT2D eigenvalue weighted by atomic mass is 9.93. The monoisotopic (exact) mass is 401 g/mol. The molecule has 0 amide bonds. The summed E-state index contributed by atoms with van der Waals surface area (Å²) in [6.45, 7) is 0. The third-order valence-corrected chi connectivity index (χ3v) is 5.59. The minimum Gasteiger partial charge on any atom is -0.457 e. The van der Waals surface area contributed by atoms with E-state index in [2.05, 4.69) is 9.97 Å². The van der Waals surface area contributed by atoms with Gasteiger partial charge < -0.3 is 15.6 Å². The average Bonchev–Trinajstić information content (AvgIpc) is 3.16. The summed E-state index contributed by atoms with van der Waals surface area (Å²) in [6, 6.07) is 17.5. The predicted molar refractivity (Wildman–Crippen MR) is 115 cm³/mol. The number of fused-ring (bicyclic) bond motifs is 1. The van der Waals surface area contributed by atoms with Gasteiger partial charge in [-0.3, -0.25) is 0 Å². The molecule has 0 aliphatic heterocycles. The van der Waals surface area contributed by atoms with Crippen molar-refractivity contribution >= 4 is 16.9 Å². The highest BCUT2D eigenvalue weighted by Crippen LogP contribution is 2.36. The van der Waals surface area contributed by atoms with E-state index in [0.717, 1.165) is 47.4 Å². The zero-order chi connectivity index (χ0) is 20.5. The third kappa shape index (κ3) is 3.48. The number of aliphatic hydroxyl groups is 1.